The van der Waals surface area contributed by atoms with Gasteiger partial charge in [0.15, 0.2) is 0 Å². The highest BCUT2D eigenvalue weighted by Gasteiger charge is 2.22. The molecular formula is C23H19FN2O3S. The first-order valence-electron chi connectivity index (χ1n) is 9.28. The van der Waals surface area contributed by atoms with E-state index in [1.807, 2.05) is 37.3 Å². The van der Waals surface area contributed by atoms with Gasteiger partial charge in [-0.2, -0.15) is 12.5 Å². The fourth-order valence-electron chi connectivity index (χ4n) is 2.94. The lowest BCUT2D eigenvalue weighted by Gasteiger charge is -2.06. The van der Waals surface area contributed by atoms with Crippen LogP contribution in [0.5, 0.6) is 5.88 Å². The molecule has 0 saturated heterocycles. The molecule has 1 aromatic heterocycles. The monoisotopic (exact) mass is 422 g/mol. The zero-order chi connectivity index (χ0) is 21.1. The molecule has 0 N–H and O–H groups in total. The van der Waals surface area contributed by atoms with Crippen molar-refractivity contribution >= 4 is 10.0 Å². The highest BCUT2D eigenvalue weighted by atomic mass is 32.2. The van der Waals surface area contributed by atoms with E-state index in [1.54, 1.807) is 24.3 Å². The third kappa shape index (κ3) is 4.11. The van der Waals surface area contributed by atoms with Gasteiger partial charge in [0.25, 0.3) is 10.0 Å². The number of rotatable bonds is 6. The molecule has 0 spiro atoms. The number of halogens is 1. The zero-order valence-corrected chi connectivity index (χ0v) is 17.0. The van der Waals surface area contributed by atoms with Crippen molar-refractivity contribution in [2.75, 3.05) is 0 Å². The molecule has 0 aliphatic carbocycles. The molecule has 3 aromatic carbocycles. The maximum atomic E-state index is 13.4. The Morgan fingerprint density at radius 3 is 2.27 bits per heavy atom. The Labute approximate surface area is 174 Å². The van der Waals surface area contributed by atoms with E-state index in [2.05, 4.69) is 5.10 Å². The molecule has 1 heterocycles. The number of aryl methyl sites for hydroxylation is 1. The van der Waals surface area contributed by atoms with Gasteiger partial charge in [0.1, 0.15) is 12.4 Å². The number of hydrogen-bond acceptors (Lipinski definition) is 4. The van der Waals surface area contributed by atoms with Crippen molar-refractivity contribution in [1.29, 1.82) is 0 Å². The lowest BCUT2D eigenvalue weighted by Crippen LogP contribution is -2.13. The second kappa shape index (κ2) is 8.12. The third-order valence-corrected chi connectivity index (χ3v) is 6.15. The number of hydrogen-bond donors (Lipinski definition) is 0. The van der Waals surface area contributed by atoms with E-state index in [4.69, 9.17) is 4.74 Å². The summed E-state index contributed by atoms with van der Waals surface area (Å²) in [6, 6.07) is 21.7. The van der Waals surface area contributed by atoms with Gasteiger partial charge in [-0.05, 0) is 42.3 Å². The van der Waals surface area contributed by atoms with Gasteiger partial charge in [-0.1, -0.05) is 60.2 Å². The van der Waals surface area contributed by atoms with Crippen LogP contribution in [0, 0.1) is 12.7 Å². The average Bonchev–Trinajstić information content (AvgIpc) is 3.19. The van der Waals surface area contributed by atoms with Gasteiger partial charge in [0.05, 0.1) is 16.7 Å². The van der Waals surface area contributed by atoms with Crippen LogP contribution in [-0.2, 0) is 16.6 Å². The molecule has 0 amide bonds. The van der Waals surface area contributed by atoms with Crippen LogP contribution in [0.1, 0.15) is 11.1 Å². The van der Waals surface area contributed by atoms with Crippen LogP contribution in [0.2, 0.25) is 0 Å². The van der Waals surface area contributed by atoms with E-state index in [1.165, 1.54) is 30.5 Å². The minimum Gasteiger partial charge on any atom is -0.471 e. The maximum absolute atomic E-state index is 13.4. The van der Waals surface area contributed by atoms with Crippen molar-refractivity contribution in [2.45, 2.75) is 18.4 Å². The molecule has 4 aromatic rings. The van der Waals surface area contributed by atoms with Crippen LogP contribution in [0.3, 0.4) is 0 Å². The molecule has 0 aliphatic heterocycles. The van der Waals surface area contributed by atoms with Gasteiger partial charge in [-0.3, -0.25) is 0 Å². The first-order valence-corrected chi connectivity index (χ1v) is 10.7. The van der Waals surface area contributed by atoms with Crippen molar-refractivity contribution in [3.63, 3.8) is 0 Å². The van der Waals surface area contributed by atoms with Crippen LogP contribution in [0.15, 0.2) is 90.0 Å². The Morgan fingerprint density at radius 1 is 0.933 bits per heavy atom. The summed E-state index contributed by atoms with van der Waals surface area (Å²) < 4.78 is 46.2. The molecule has 5 nitrogen and oxygen atoms in total. The van der Waals surface area contributed by atoms with Crippen molar-refractivity contribution in [3.05, 3.63) is 102 Å². The lowest BCUT2D eigenvalue weighted by molar-refractivity contribution is 0.293. The number of ether oxygens (including phenoxy) is 1. The minimum absolute atomic E-state index is 0.121. The molecule has 0 radical (unpaired) electrons. The van der Waals surface area contributed by atoms with Crippen LogP contribution in [0.4, 0.5) is 4.39 Å². The van der Waals surface area contributed by atoms with Gasteiger partial charge in [-0.15, -0.1) is 5.10 Å². The Balaban J connectivity index is 1.74. The van der Waals surface area contributed by atoms with Crippen molar-refractivity contribution < 1.29 is 17.5 Å². The molecule has 152 valence electrons. The van der Waals surface area contributed by atoms with Gasteiger partial charge < -0.3 is 4.74 Å². The van der Waals surface area contributed by atoms with E-state index < -0.39 is 10.0 Å². The minimum atomic E-state index is -3.91. The molecule has 30 heavy (non-hydrogen) atoms. The smallest absolute Gasteiger partial charge is 0.283 e. The topological polar surface area (TPSA) is 61.2 Å². The number of nitrogens with zero attached hydrogens (tertiary/aromatic N) is 2. The molecule has 0 saturated carbocycles. The fraction of sp³-hybridized carbons (Fsp3) is 0.0870. The summed E-state index contributed by atoms with van der Waals surface area (Å²) in [5.74, 6) is -0.230. The average molecular weight is 422 g/mol. The quantitative estimate of drug-likeness (QED) is 0.447. The third-order valence-electron chi connectivity index (χ3n) is 4.60. The Kier molecular flexibility index (Phi) is 5.37. The van der Waals surface area contributed by atoms with Gasteiger partial charge in [0.2, 0.25) is 5.88 Å². The van der Waals surface area contributed by atoms with Crippen molar-refractivity contribution in [1.82, 2.24) is 9.19 Å². The number of aromatic nitrogens is 2. The molecule has 4 rings (SSSR count). The predicted octanol–water partition coefficient (Wildman–Crippen LogP) is 4.81. The van der Waals surface area contributed by atoms with E-state index in [0.29, 0.717) is 11.1 Å². The molecule has 7 heteroatoms. The van der Waals surface area contributed by atoms with Gasteiger partial charge in [-0.25, -0.2) is 4.39 Å². The summed E-state index contributed by atoms with van der Waals surface area (Å²) in [6.07, 6.45) is 1.39. The molecule has 0 aliphatic rings. The predicted molar refractivity (Wildman–Crippen MR) is 112 cm³/mol. The van der Waals surface area contributed by atoms with E-state index in [0.717, 1.165) is 15.2 Å². The number of benzene rings is 3. The molecule has 0 atom stereocenters. The summed E-state index contributed by atoms with van der Waals surface area (Å²) >= 11 is 0. The van der Waals surface area contributed by atoms with Crippen LogP contribution >= 0.6 is 0 Å². The first-order chi connectivity index (χ1) is 14.4. The van der Waals surface area contributed by atoms with E-state index in [-0.39, 0.29) is 23.2 Å². The lowest BCUT2D eigenvalue weighted by atomic mass is 10.1. The van der Waals surface area contributed by atoms with Crippen molar-refractivity contribution in [3.8, 4) is 17.0 Å². The second-order valence-corrected chi connectivity index (χ2v) is 8.62. The Morgan fingerprint density at radius 2 is 1.60 bits per heavy atom. The molecule has 0 unspecified atom stereocenters. The Hall–Kier alpha value is -3.45. The first kappa shape index (κ1) is 19.8. The highest BCUT2D eigenvalue weighted by molar-refractivity contribution is 7.89. The highest BCUT2D eigenvalue weighted by Crippen LogP contribution is 2.31. The normalized spacial score (nSPS) is 11.4. The summed E-state index contributed by atoms with van der Waals surface area (Å²) in [7, 11) is -3.91. The molecular weight excluding hydrogens is 403 g/mol. The van der Waals surface area contributed by atoms with Crippen molar-refractivity contribution in [2.24, 2.45) is 0 Å². The molecule has 0 fully saturated rings. The van der Waals surface area contributed by atoms with E-state index in [9.17, 15) is 12.8 Å². The summed E-state index contributed by atoms with van der Waals surface area (Å²) in [4.78, 5) is 0.121. The van der Waals surface area contributed by atoms with E-state index >= 15 is 0 Å². The molecule has 0 bridgehead atoms. The largest absolute Gasteiger partial charge is 0.471 e. The Bertz CT molecular complexity index is 1250. The van der Waals surface area contributed by atoms with Gasteiger partial charge >= 0.3 is 0 Å². The van der Waals surface area contributed by atoms with Gasteiger partial charge in [0, 0.05) is 0 Å². The maximum Gasteiger partial charge on any atom is 0.283 e. The standard InChI is InChI=1S/C23H19FN2O3S/c1-17-7-13-21(14-8-17)30(27,28)26-15-22(19-9-11-20(24)12-10-19)23(25-26)29-16-18-5-3-2-4-6-18/h2-15H,16H2,1H3. The summed E-state index contributed by atoms with van der Waals surface area (Å²) in [5.41, 5.74) is 2.93. The fourth-order valence-corrected chi connectivity index (χ4v) is 4.06. The van der Waals surface area contributed by atoms with Crippen LogP contribution < -0.4 is 4.74 Å². The zero-order valence-electron chi connectivity index (χ0n) is 16.2. The van der Waals surface area contributed by atoms with Crippen LogP contribution in [-0.4, -0.2) is 17.6 Å². The summed E-state index contributed by atoms with van der Waals surface area (Å²) in [5, 5.41) is 4.21. The summed E-state index contributed by atoms with van der Waals surface area (Å²) in [6.45, 7) is 2.10. The van der Waals surface area contributed by atoms with Crippen LogP contribution in [0.25, 0.3) is 11.1 Å². The second-order valence-electron chi connectivity index (χ2n) is 6.82. The SMILES string of the molecule is Cc1ccc(S(=O)(=O)n2cc(-c3ccc(F)cc3)c(OCc3ccccc3)n2)cc1.